The summed E-state index contributed by atoms with van der Waals surface area (Å²) in [4.78, 5) is 6.52. The van der Waals surface area contributed by atoms with E-state index in [4.69, 9.17) is 4.74 Å². The molecule has 8 heteroatoms. The number of hydrogen-bond acceptors (Lipinski definition) is 4. The first-order valence-electron chi connectivity index (χ1n) is 11.0. The minimum Gasteiger partial charge on any atom is -0.494 e. The number of rotatable bonds is 11. The van der Waals surface area contributed by atoms with Gasteiger partial charge in [0.1, 0.15) is 5.75 Å². The van der Waals surface area contributed by atoms with Crippen molar-refractivity contribution >= 4 is 29.9 Å². The summed E-state index contributed by atoms with van der Waals surface area (Å²) in [5, 5.41) is 11.1. The second kappa shape index (κ2) is 14.5. The van der Waals surface area contributed by atoms with Crippen LogP contribution in [0, 0.1) is 0 Å². The van der Waals surface area contributed by atoms with Gasteiger partial charge < -0.3 is 20.3 Å². The second-order valence-corrected chi connectivity index (χ2v) is 7.90. The number of guanidine groups is 1. The first kappa shape index (κ1) is 26.7. The van der Waals surface area contributed by atoms with E-state index in [9.17, 15) is 0 Å². The monoisotopic (exact) mass is 562 g/mol. The van der Waals surface area contributed by atoms with E-state index in [1.54, 1.807) is 13.2 Å². The van der Waals surface area contributed by atoms with Crippen LogP contribution in [0.3, 0.4) is 0 Å². The van der Waals surface area contributed by atoms with Crippen LogP contribution < -0.4 is 15.4 Å². The molecule has 0 aliphatic heterocycles. The maximum Gasteiger partial charge on any atom is 0.191 e. The summed E-state index contributed by atoms with van der Waals surface area (Å²) in [5.74, 6) is 1.67. The van der Waals surface area contributed by atoms with Crippen LogP contribution >= 0.6 is 24.0 Å². The van der Waals surface area contributed by atoms with Crippen molar-refractivity contribution in [2.45, 2.75) is 26.1 Å². The molecule has 3 rings (SSSR count). The van der Waals surface area contributed by atoms with Gasteiger partial charge >= 0.3 is 0 Å². The molecular weight excluding hydrogens is 527 g/mol. The highest BCUT2D eigenvalue weighted by atomic mass is 127. The van der Waals surface area contributed by atoms with Crippen molar-refractivity contribution < 1.29 is 4.74 Å². The van der Waals surface area contributed by atoms with Crippen LogP contribution in [0.1, 0.15) is 23.1 Å². The lowest BCUT2D eigenvalue weighted by molar-refractivity contribution is 0.281. The molecule has 0 bridgehead atoms. The zero-order chi connectivity index (χ0) is 22.6. The number of aliphatic imine (C=N–C) groups is 1. The SMILES string of the molecule is CN=C(NCc1ccc(OCCCN(C)C)cc1)NCc1ccccc1Cn1cccn1.I. The topological polar surface area (TPSA) is 66.7 Å². The van der Waals surface area contributed by atoms with Gasteiger partial charge in [-0.05, 0) is 55.4 Å². The van der Waals surface area contributed by atoms with E-state index in [0.29, 0.717) is 13.1 Å². The Hall–Kier alpha value is -2.59. The van der Waals surface area contributed by atoms with Gasteiger partial charge in [0, 0.05) is 39.1 Å². The highest BCUT2D eigenvalue weighted by molar-refractivity contribution is 14.0. The first-order valence-corrected chi connectivity index (χ1v) is 11.0. The predicted molar refractivity (Wildman–Crippen MR) is 145 cm³/mol. The molecule has 0 atom stereocenters. The molecule has 2 N–H and O–H groups in total. The Morgan fingerprint density at radius 2 is 1.73 bits per heavy atom. The molecule has 2 aromatic carbocycles. The first-order chi connectivity index (χ1) is 15.6. The number of nitrogens with one attached hydrogen (secondary N) is 2. The van der Waals surface area contributed by atoms with Crippen molar-refractivity contribution in [2.75, 3.05) is 34.3 Å². The smallest absolute Gasteiger partial charge is 0.191 e. The maximum atomic E-state index is 5.80. The van der Waals surface area contributed by atoms with Gasteiger partial charge in [-0.3, -0.25) is 9.67 Å². The molecule has 178 valence electrons. The fraction of sp³-hybridized carbons (Fsp3) is 0.360. The van der Waals surface area contributed by atoms with Crippen LogP contribution in [0.5, 0.6) is 5.75 Å². The van der Waals surface area contributed by atoms with Crippen LogP contribution in [0.4, 0.5) is 0 Å². The fourth-order valence-electron chi connectivity index (χ4n) is 3.31. The van der Waals surface area contributed by atoms with E-state index in [1.807, 2.05) is 29.1 Å². The minimum atomic E-state index is 0. The average Bonchev–Trinajstić information content (AvgIpc) is 3.31. The van der Waals surface area contributed by atoms with Crippen molar-refractivity contribution in [2.24, 2.45) is 4.99 Å². The van der Waals surface area contributed by atoms with E-state index >= 15 is 0 Å². The Kier molecular flexibility index (Phi) is 11.7. The summed E-state index contributed by atoms with van der Waals surface area (Å²) in [6, 6.07) is 18.5. The Morgan fingerprint density at radius 3 is 2.39 bits per heavy atom. The van der Waals surface area contributed by atoms with Gasteiger partial charge in [-0.15, -0.1) is 24.0 Å². The summed E-state index contributed by atoms with van der Waals surface area (Å²) in [6.07, 6.45) is 4.80. The largest absolute Gasteiger partial charge is 0.494 e. The molecule has 1 aromatic heterocycles. The van der Waals surface area contributed by atoms with E-state index in [-0.39, 0.29) is 24.0 Å². The Morgan fingerprint density at radius 1 is 1.00 bits per heavy atom. The quantitative estimate of drug-likeness (QED) is 0.161. The van der Waals surface area contributed by atoms with E-state index in [0.717, 1.165) is 37.8 Å². The van der Waals surface area contributed by atoms with Gasteiger partial charge in [0.2, 0.25) is 0 Å². The van der Waals surface area contributed by atoms with E-state index in [2.05, 4.69) is 76.1 Å². The summed E-state index contributed by atoms with van der Waals surface area (Å²) >= 11 is 0. The Balaban J connectivity index is 0.00000385. The maximum absolute atomic E-state index is 5.80. The molecule has 0 amide bonds. The zero-order valence-corrected chi connectivity index (χ0v) is 22.0. The number of benzene rings is 2. The van der Waals surface area contributed by atoms with Crippen LogP contribution in [0.2, 0.25) is 0 Å². The molecule has 0 aliphatic rings. The molecule has 1 heterocycles. The minimum absolute atomic E-state index is 0. The second-order valence-electron chi connectivity index (χ2n) is 7.90. The van der Waals surface area contributed by atoms with Crippen molar-refractivity contribution in [1.82, 2.24) is 25.3 Å². The standard InChI is InChI=1S/C25H34N6O.HI/c1-26-25(27-18-21-10-12-24(13-11-21)32-17-7-15-30(2)3)28-19-22-8-4-5-9-23(22)20-31-16-6-14-29-31;/h4-6,8-14,16H,7,15,17-20H2,1-3H3,(H2,26,27,28);1H. The van der Waals surface area contributed by atoms with E-state index in [1.165, 1.54) is 16.7 Å². The van der Waals surface area contributed by atoms with Gasteiger partial charge in [-0.1, -0.05) is 36.4 Å². The van der Waals surface area contributed by atoms with Crippen LogP contribution in [-0.2, 0) is 19.6 Å². The third kappa shape index (κ3) is 9.43. The molecular formula is C25H35IN6O. The molecule has 0 aliphatic carbocycles. The third-order valence-electron chi connectivity index (χ3n) is 5.08. The Labute approximate surface area is 214 Å². The summed E-state index contributed by atoms with van der Waals surface area (Å²) in [7, 11) is 5.94. The number of nitrogens with zero attached hydrogens (tertiary/aromatic N) is 4. The van der Waals surface area contributed by atoms with Crippen molar-refractivity contribution in [3.63, 3.8) is 0 Å². The average molecular weight is 563 g/mol. The summed E-state index contributed by atoms with van der Waals surface area (Å²) in [5.41, 5.74) is 3.63. The van der Waals surface area contributed by atoms with Crippen molar-refractivity contribution in [3.8, 4) is 5.75 Å². The number of halogens is 1. The normalized spacial score (nSPS) is 11.2. The number of aromatic nitrogens is 2. The summed E-state index contributed by atoms with van der Waals surface area (Å²) < 4.78 is 7.74. The lowest BCUT2D eigenvalue weighted by Crippen LogP contribution is -2.36. The molecule has 0 unspecified atom stereocenters. The van der Waals surface area contributed by atoms with Gasteiger partial charge in [-0.2, -0.15) is 5.10 Å². The summed E-state index contributed by atoms with van der Waals surface area (Å²) in [6.45, 7) is 3.89. The number of hydrogen-bond donors (Lipinski definition) is 2. The third-order valence-corrected chi connectivity index (χ3v) is 5.08. The molecule has 0 fully saturated rings. The van der Waals surface area contributed by atoms with Gasteiger partial charge in [-0.25, -0.2) is 0 Å². The highest BCUT2D eigenvalue weighted by Gasteiger charge is 2.05. The predicted octanol–water partition coefficient (Wildman–Crippen LogP) is 3.75. The fourth-order valence-corrected chi connectivity index (χ4v) is 3.31. The van der Waals surface area contributed by atoms with Crippen LogP contribution in [0.25, 0.3) is 0 Å². The lowest BCUT2D eigenvalue weighted by atomic mass is 10.1. The molecule has 0 radical (unpaired) electrons. The highest BCUT2D eigenvalue weighted by Crippen LogP contribution is 2.13. The van der Waals surface area contributed by atoms with Crippen molar-refractivity contribution in [3.05, 3.63) is 83.7 Å². The lowest BCUT2D eigenvalue weighted by Gasteiger charge is -2.15. The van der Waals surface area contributed by atoms with E-state index < -0.39 is 0 Å². The van der Waals surface area contributed by atoms with Crippen LogP contribution in [-0.4, -0.2) is 54.9 Å². The van der Waals surface area contributed by atoms with Gasteiger partial charge in [0.05, 0.1) is 13.2 Å². The van der Waals surface area contributed by atoms with Crippen LogP contribution in [0.15, 0.2) is 72.0 Å². The molecule has 7 nitrogen and oxygen atoms in total. The molecule has 33 heavy (non-hydrogen) atoms. The van der Waals surface area contributed by atoms with Gasteiger partial charge in [0.25, 0.3) is 0 Å². The molecule has 0 saturated carbocycles. The molecule has 0 saturated heterocycles. The zero-order valence-electron chi connectivity index (χ0n) is 19.7. The molecule has 3 aromatic rings. The van der Waals surface area contributed by atoms with Crippen molar-refractivity contribution in [1.29, 1.82) is 0 Å². The Bertz CT molecular complexity index is 957. The number of ether oxygens (including phenoxy) is 1. The van der Waals surface area contributed by atoms with Gasteiger partial charge in [0.15, 0.2) is 5.96 Å². The molecule has 0 spiro atoms.